The standard InChI is InChI=1S/C35H33FN2O4/c1-2-21-35(34(40)37-24-25-9-17-30(36)18-10-25)32(28-13-11-27(12-14-28)26-7-4-3-5-8-26)42-33(38-35)29-15-19-31(20-16-29)41-23-6-22-39/h2-5,7-20,32,39H,1,6,21-24H2,(H,37,40)/t32-,35-/m1/s1. The van der Waals surface area contributed by atoms with Crippen LogP contribution in [0.4, 0.5) is 4.39 Å². The molecule has 6 nitrogen and oxygen atoms in total. The summed E-state index contributed by atoms with van der Waals surface area (Å²) in [6.07, 6.45) is 1.74. The number of aliphatic imine (C=N–C) groups is 1. The monoisotopic (exact) mass is 564 g/mol. The minimum Gasteiger partial charge on any atom is -0.494 e. The normalized spacial score (nSPS) is 17.7. The second-order valence-corrected chi connectivity index (χ2v) is 10.1. The summed E-state index contributed by atoms with van der Waals surface area (Å²) in [7, 11) is 0. The highest BCUT2D eigenvalue weighted by Gasteiger charge is 2.52. The first-order valence-electron chi connectivity index (χ1n) is 13.9. The van der Waals surface area contributed by atoms with Crippen LogP contribution in [-0.4, -0.2) is 35.7 Å². The number of nitrogens with one attached hydrogen (secondary N) is 1. The number of carbonyl (C=O) groups is 1. The lowest BCUT2D eigenvalue weighted by molar-refractivity contribution is -0.129. The molecule has 0 aromatic heterocycles. The largest absolute Gasteiger partial charge is 0.494 e. The molecule has 0 bridgehead atoms. The van der Waals surface area contributed by atoms with Gasteiger partial charge in [-0.3, -0.25) is 4.79 Å². The number of amides is 1. The van der Waals surface area contributed by atoms with Gasteiger partial charge in [0.2, 0.25) is 5.90 Å². The number of aliphatic hydroxyl groups excluding tert-OH is 1. The third-order valence-electron chi connectivity index (χ3n) is 7.17. The maximum absolute atomic E-state index is 14.0. The molecule has 1 aliphatic rings. The van der Waals surface area contributed by atoms with Crippen LogP contribution < -0.4 is 10.1 Å². The van der Waals surface area contributed by atoms with Gasteiger partial charge in [-0.15, -0.1) is 6.58 Å². The molecule has 5 rings (SSSR count). The molecule has 0 fully saturated rings. The minimum atomic E-state index is -1.32. The van der Waals surface area contributed by atoms with Crippen molar-refractivity contribution in [3.63, 3.8) is 0 Å². The molecule has 1 amide bonds. The summed E-state index contributed by atoms with van der Waals surface area (Å²) >= 11 is 0. The lowest BCUT2D eigenvalue weighted by atomic mass is 9.84. The molecule has 0 aliphatic carbocycles. The Morgan fingerprint density at radius 2 is 1.62 bits per heavy atom. The first-order valence-corrected chi connectivity index (χ1v) is 13.9. The molecule has 214 valence electrons. The predicted octanol–water partition coefficient (Wildman–Crippen LogP) is 6.40. The summed E-state index contributed by atoms with van der Waals surface area (Å²) in [5, 5.41) is 12.0. The van der Waals surface area contributed by atoms with Crippen LogP contribution in [0.5, 0.6) is 5.75 Å². The molecule has 4 aromatic carbocycles. The van der Waals surface area contributed by atoms with Crippen molar-refractivity contribution in [3.05, 3.63) is 138 Å². The number of carbonyl (C=O) groups excluding carboxylic acids is 1. The number of hydrogen-bond donors (Lipinski definition) is 2. The summed E-state index contributed by atoms with van der Waals surface area (Å²) in [5.41, 5.74) is 3.09. The molecule has 0 radical (unpaired) electrons. The molecular formula is C35H33FN2O4. The smallest absolute Gasteiger partial charge is 0.252 e. The molecule has 0 unspecified atom stereocenters. The second-order valence-electron chi connectivity index (χ2n) is 10.1. The third-order valence-corrected chi connectivity index (χ3v) is 7.17. The van der Waals surface area contributed by atoms with E-state index in [2.05, 4.69) is 11.9 Å². The average Bonchev–Trinajstić information content (AvgIpc) is 3.42. The molecule has 4 aromatic rings. The fourth-order valence-corrected chi connectivity index (χ4v) is 4.95. The Balaban J connectivity index is 1.47. The Labute approximate surface area is 245 Å². The molecule has 2 atom stereocenters. The molecule has 0 spiro atoms. The molecule has 1 aliphatic heterocycles. The fraction of sp³-hybridized carbons (Fsp3) is 0.200. The fourth-order valence-electron chi connectivity index (χ4n) is 4.95. The second kappa shape index (κ2) is 13.3. The predicted molar refractivity (Wildman–Crippen MR) is 162 cm³/mol. The minimum absolute atomic E-state index is 0.0606. The van der Waals surface area contributed by atoms with Crippen LogP contribution in [0, 0.1) is 5.82 Å². The first kappa shape index (κ1) is 28.8. The van der Waals surface area contributed by atoms with E-state index in [1.54, 1.807) is 18.2 Å². The topological polar surface area (TPSA) is 80.2 Å². The third kappa shape index (κ3) is 6.42. The van der Waals surface area contributed by atoms with E-state index in [1.807, 2.05) is 78.9 Å². The van der Waals surface area contributed by atoms with E-state index in [-0.39, 0.29) is 31.3 Å². The summed E-state index contributed by atoms with van der Waals surface area (Å²) in [4.78, 5) is 18.9. The van der Waals surface area contributed by atoms with E-state index in [9.17, 15) is 9.18 Å². The van der Waals surface area contributed by atoms with Gasteiger partial charge in [0.05, 0.1) is 6.61 Å². The Hall–Kier alpha value is -4.75. The highest BCUT2D eigenvalue weighted by molar-refractivity contribution is 6.01. The number of halogens is 1. The Kier molecular flexibility index (Phi) is 9.09. The van der Waals surface area contributed by atoms with E-state index in [4.69, 9.17) is 19.6 Å². The van der Waals surface area contributed by atoms with Crippen molar-refractivity contribution in [1.29, 1.82) is 0 Å². The van der Waals surface area contributed by atoms with Crippen LogP contribution >= 0.6 is 0 Å². The highest BCUT2D eigenvalue weighted by Crippen LogP contribution is 2.43. The quantitative estimate of drug-likeness (QED) is 0.154. The van der Waals surface area contributed by atoms with Gasteiger partial charge in [-0.1, -0.05) is 72.8 Å². The first-order chi connectivity index (χ1) is 20.5. The summed E-state index contributed by atoms with van der Waals surface area (Å²) in [6.45, 7) is 4.60. The van der Waals surface area contributed by atoms with Crippen molar-refractivity contribution in [2.45, 2.75) is 31.0 Å². The summed E-state index contributed by atoms with van der Waals surface area (Å²) in [5.74, 6) is 0.347. The van der Waals surface area contributed by atoms with Gasteiger partial charge in [0.1, 0.15) is 11.6 Å². The number of ether oxygens (including phenoxy) is 2. The molecular weight excluding hydrogens is 531 g/mol. The van der Waals surface area contributed by atoms with Gasteiger partial charge < -0.3 is 19.9 Å². The maximum Gasteiger partial charge on any atom is 0.252 e. The number of benzene rings is 4. The Morgan fingerprint density at radius 3 is 2.29 bits per heavy atom. The van der Waals surface area contributed by atoms with E-state index in [1.165, 1.54) is 12.1 Å². The molecule has 7 heteroatoms. The van der Waals surface area contributed by atoms with Crippen LogP contribution in [0.3, 0.4) is 0 Å². The SMILES string of the molecule is C=CC[C@@]1(C(=O)NCc2ccc(F)cc2)N=C(c2ccc(OCCCO)cc2)O[C@@H]1c1ccc(-c2ccccc2)cc1. The van der Waals surface area contributed by atoms with Crippen LogP contribution in [0.25, 0.3) is 11.1 Å². The van der Waals surface area contributed by atoms with Crippen molar-refractivity contribution >= 4 is 11.8 Å². The van der Waals surface area contributed by atoms with Crippen molar-refractivity contribution in [2.24, 2.45) is 4.99 Å². The van der Waals surface area contributed by atoms with Gasteiger partial charge in [-0.25, -0.2) is 9.38 Å². The highest BCUT2D eigenvalue weighted by atomic mass is 19.1. The van der Waals surface area contributed by atoms with Gasteiger partial charge >= 0.3 is 0 Å². The number of rotatable bonds is 12. The van der Waals surface area contributed by atoms with Crippen LogP contribution in [-0.2, 0) is 16.1 Å². The van der Waals surface area contributed by atoms with Gasteiger partial charge in [0.15, 0.2) is 11.6 Å². The zero-order chi connectivity index (χ0) is 29.4. The van der Waals surface area contributed by atoms with Crippen LogP contribution in [0.15, 0.2) is 121 Å². The zero-order valence-corrected chi connectivity index (χ0v) is 23.2. The number of nitrogens with zero attached hydrogens (tertiary/aromatic N) is 1. The summed E-state index contributed by atoms with van der Waals surface area (Å²) in [6, 6.07) is 31.3. The lowest BCUT2D eigenvalue weighted by Gasteiger charge is -2.30. The lowest BCUT2D eigenvalue weighted by Crippen LogP contribution is -2.47. The molecule has 42 heavy (non-hydrogen) atoms. The zero-order valence-electron chi connectivity index (χ0n) is 23.2. The Morgan fingerprint density at radius 1 is 0.952 bits per heavy atom. The van der Waals surface area contributed by atoms with E-state index >= 15 is 0 Å². The van der Waals surface area contributed by atoms with E-state index < -0.39 is 11.6 Å². The molecule has 2 N–H and O–H groups in total. The summed E-state index contributed by atoms with van der Waals surface area (Å²) < 4.78 is 25.6. The molecule has 1 heterocycles. The van der Waals surface area contributed by atoms with Crippen molar-refractivity contribution < 1.29 is 23.8 Å². The Bertz CT molecular complexity index is 1520. The van der Waals surface area contributed by atoms with Gasteiger partial charge in [0, 0.05) is 31.6 Å². The van der Waals surface area contributed by atoms with E-state index in [0.717, 1.165) is 22.3 Å². The number of hydrogen-bond acceptors (Lipinski definition) is 5. The van der Waals surface area contributed by atoms with E-state index in [0.29, 0.717) is 30.2 Å². The average molecular weight is 565 g/mol. The van der Waals surface area contributed by atoms with Crippen molar-refractivity contribution in [3.8, 4) is 16.9 Å². The van der Waals surface area contributed by atoms with Crippen LogP contribution in [0.1, 0.15) is 35.6 Å². The molecule has 0 saturated carbocycles. The van der Waals surface area contributed by atoms with Gasteiger partial charge in [-0.2, -0.15) is 0 Å². The number of aliphatic hydroxyl groups is 1. The van der Waals surface area contributed by atoms with Crippen molar-refractivity contribution in [1.82, 2.24) is 5.32 Å². The molecule has 0 saturated heterocycles. The maximum atomic E-state index is 14.0. The van der Waals surface area contributed by atoms with Gasteiger partial charge in [-0.05, 0) is 58.7 Å². The van der Waals surface area contributed by atoms with Gasteiger partial charge in [0.25, 0.3) is 5.91 Å². The van der Waals surface area contributed by atoms with Crippen molar-refractivity contribution in [2.75, 3.05) is 13.2 Å². The van der Waals surface area contributed by atoms with Crippen LogP contribution in [0.2, 0.25) is 0 Å².